The Morgan fingerprint density at radius 1 is 1.57 bits per heavy atom. The Bertz CT molecular complexity index is 238. The number of nitrogens with one attached hydrogen (secondary N) is 1. The van der Waals surface area contributed by atoms with Gasteiger partial charge in [0.25, 0.3) is 0 Å². The number of aromatic nitrogens is 1. The molecule has 2 nitrogen and oxygen atoms in total. The van der Waals surface area contributed by atoms with E-state index in [2.05, 4.69) is 29.5 Å². The van der Waals surface area contributed by atoms with Crippen LogP contribution in [0.25, 0.3) is 0 Å². The van der Waals surface area contributed by atoms with Crippen molar-refractivity contribution in [1.82, 2.24) is 10.3 Å². The summed E-state index contributed by atoms with van der Waals surface area (Å²) >= 11 is 1.92. The van der Waals surface area contributed by atoms with E-state index in [1.807, 2.05) is 24.0 Å². The summed E-state index contributed by atoms with van der Waals surface area (Å²) in [4.78, 5) is 4.07. The summed E-state index contributed by atoms with van der Waals surface area (Å²) in [6.07, 6.45) is 7.09. The highest BCUT2D eigenvalue weighted by Gasteiger charge is 1.97. The lowest BCUT2D eigenvalue weighted by molar-refractivity contribution is 0.647. The molecule has 0 fully saturated rings. The second-order valence-electron chi connectivity index (χ2n) is 3.37. The Morgan fingerprint density at radius 3 is 3.07 bits per heavy atom. The number of hydrogen-bond acceptors (Lipinski definition) is 3. The van der Waals surface area contributed by atoms with Gasteiger partial charge in [0.05, 0.1) is 0 Å². The van der Waals surface area contributed by atoms with Crippen molar-refractivity contribution < 1.29 is 0 Å². The number of hydrogen-bond donors (Lipinski definition) is 1. The van der Waals surface area contributed by atoms with Gasteiger partial charge in [0, 0.05) is 24.2 Å². The first-order valence-electron chi connectivity index (χ1n) is 4.95. The van der Waals surface area contributed by atoms with Gasteiger partial charge in [-0.1, -0.05) is 13.0 Å². The lowest BCUT2D eigenvalue weighted by atomic mass is 10.3. The van der Waals surface area contributed by atoms with Gasteiger partial charge in [-0.2, -0.15) is 11.8 Å². The highest BCUT2D eigenvalue weighted by Crippen LogP contribution is 2.08. The first-order valence-corrected chi connectivity index (χ1v) is 6.24. The molecular formula is C11H18N2S. The van der Waals surface area contributed by atoms with E-state index in [1.54, 1.807) is 6.20 Å². The molecule has 1 rings (SSSR count). The predicted octanol–water partition coefficient (Wildman–Crippen LogP) is 2.31. The van der Waals surface area contributed by atoms with Crippen LogP contribution in [-0.2, 0) is 6.54 Å². The zero-order valence-electron chi connectivity index (χ0n) is 8.86. The van der Waals surface area contributed by atoms with Crippen LogP contribution in [0.15, 0.2) is 24.5 Å². The number of pyridine rings is 1. The minimum Gasteiger partial charge on any atom is -0.313 e. The molecule has 0 spiro atoms. The molecule has 0 aliphatic rings. The van der Waals surface area contributed by atoms with Gasteiger partial charge in [-0.15, -0.1) is 0 Å². The molecule has 0 amide bonds. The van der Waals surface area contributed by atoms with Crippen molar-refractivity contribution in [2.75, 3.05) is 12.8 Å². The molecule has 0 bridgehead atoms. The number of thioether (sulfide) groups is 1. The van der Waals surface area contributed by atoms with Crippen molar-refractivity contribution in [3.05, 3.63) is 30.1 Å². The van der Waals surface area contributed by atoms with Crippen molar-refractivity contribution in [3.63, 3.8) is 0 Å². The first kappa shape index (κ1) is 11.5. The smallest absolute Gasteiger partial charge is 0.0312 e. The van der Waals surface area contributed by atoms with E-state index in [0.717, 1.165) is 18.3 Å². The summed E-state index contributed by atoms with van der Waals surface area (Å²) in [6.45, 7) is 4.27. The summed E-state index contributed by atoms with van der Waals surface area (Å²) in [5, 5.41) is 4.16. The summed E-state index contributed by atoms with van der Waals surface area (Å²) in [5.74, 6) is 0. The van der Waals surface area contributed by atoms with Gasteiger partial charge in [-0.3, -0.25) is 4.98 Å². The van der Waals surface area contributed by atoms with Crippen LogP contribution in [0, 0.1) is 0 Å². The van der Waals surface area contributed by atoms with Crippen molar-refractivity contribution >= 4 is 11.8 Å². The van der Waals surface area contributed by atoms with E-state index in [0.29, 0.717) is 0 Å². The van der Waals surface area contributed by atoms with Crippen LogP contribution >= 0.6 is 11.8 Å². The molecule has 1 atom stereocenters. The maximum Gasteiger partial charge on any atom is 0.0312 e. The molecule has 78 valence electrons. The van der Waals surface area contributed by atoms with Gasteiger partial charge in [-0.05, 0) is 30.9 Å². The molecule has 0 radical (unpaired) electrons. The second kappa shape index (κ2) is 6.85. The Kier molecular flexibility index (Phi) is 5.64. The molecule has 1 N–H and O–H groups in total. The van der Waals surface area contributed by atoms with Gasteiger partial charge < -0.3 is 5.32 Å². The fraction of sp³-hybridized carbons (Fsp3) is 0.545. The van der Waals surface area contributed by atoms with Gasteiger partial charge in [0.2, 0.25) is 0 Å². The molecule has 1 unspecified atom stereocenters. The van der Waals surface area contributed by atoms with E-state index >= 15 is 0 Å². The van der Waals surface area contributed by atoms with Crippen LogP contribution in [0.2, 0.25) is 0 Å². The van der Waals surface area contributed by atoms with E-state index in [-0.39, 0.29) is 0 Å². The molecule has 14 heavy (non-hydrogen) atoms. The van der Waals surface area contributed by atoms with E-state index in [4.69, 9.17) is 0 Å². The van der Waals surface area contributed by atoms with Crippen LogP contribution in [0.1, 0.15) is 18.9 Å². The maximum absolute atomic E-state index is 4.07. The molecule has 1 heterocycles. The van der Waals surface area contributed by atoms with Gasteiger partial charge in [0.1, 0.15) is 0 Å². The summed E-state index contributed by atoms with van der Waals surface area (Å²) < 4.78 is 0. The third-order valence-electron chi connectivity index (χ3n) is 2.18. The van der Waals surface area contributed by atoms with E-state index in [1.165, 1.54) is 12.0 Å². The molecule has 1 aromatic rings. The normalized spacial score (nSPS) is 12.7. The Balaban J connectivity index is 2.10. The monoisotopic (exact) mass is 210 g/mol. The molecule has 0 aliphatic carbocycles. The third-order valence-corrected chi connectivity index (χ3v) is 3.22. The highest BCUT2D eigenvalue weighted by atomic mass is 32.2. The fourth-order valence-corrected chi connectivity index (χ4v) is 1.51. The molecule has 0 saturated heterocycles. The molecule has 1 aromatic heterocycles. The minimum atomic E-state index is 0.747. The van der Waals surface area contributed by atoms with Gasteiger partial charge >= 0.3 is 0 Å². The van der Waals surface area contributed by atoms with Crippen LogP contribution in [0.4, 0.5) is 0 Å². The first-order chi connectivity index (χ1) is 6.83. The van der Waals surface area contributed by atoms with Crippen LogP contribution in [0.3, 0.4) is 0 Å². The molecule has 0 aliphatic heterocycles. The quantitative estimate of drug-likeness (QED) is 0.729. The third kappa shape index (κ3) is 4.63. The largest absolute Gasteiger partial charge is 0.313 e. The number of nitrogens with zero attached hydrogens (tertiary/aromatic N) is 1. The second-order valence-corrected chi connectivity index (χ2v) is 4.65. The zero-order chi connectivity index (χ0) is 10.2. The standard InChI is InChI=1S/C11H18N2S/c1-10(14-2)5-7-13-9-11-4-3-6-12-8-11/h3-4,6,8,10,13H,5,7,9H2,1-2H3. The van der Waals surface area contributed by atoms with Crippen LogP contribution in [-0.4, -0.2) is 23.0 Å². The lowest BCUT2D eigenvalue weighted by Crippen LogP contribution is -2.17. The average Bonchev–Trinajstić information content (AvgIpc) is 2.25. The molecular weight excluding hydrogens is 192 g/mol. The van der Waals surface area contributed by atoms with Crippen LogP contribution < -0.4 is 5.32 Å². The van der Waals surface area contributed by atoms with E-state index < -0.39 is 0 Å². The fourth-order valence-electron chi connectivity index (χ4n) is 1.16. The van der Waals surface area contributed by atoms with Crippen molar-refractivity contribution in [1.29, 1.82) is 0 Å². The van der Waals surface area contributed by atoms with E-state index in [9.17, 15) is 0 Å². The minimum absolute atomic E-state index is 0.747. The number of rotatable bonds is 6. The Morgan fingerprint density at radius 2 is 2.43 bits per heavy atom. The SMILES string of the molecule is CSC(C)CCNCc1cccnc1. The maximum atomic E-state index is 4.07. The summed E-state index contributed by atoms with van der Waals surface area (Å²) in [6, 6.07) is 4.07. The molecule has 3 heteroatoms. The zero-order valence-corrected chi connectivity index (χ0v) is 9.68. The average molecular weight is 210 g/mol. The molecule has 0 aromatic carbocycles. The summed E-state index contributed by atoms with van der Waals surface area (Å²) in [7, 11) is 0. The van der Waals surface area contributed by atoms with Crippen molar-refractivity contribution in [3.8, 4) is 0 Å². The van der Waals surface area contributed by atoms with Crippen molar-refractivity contribution in [2.24, 2.45) is 0 Å². The van der Waals surface area contributed by atoms with Crippen LogP contribution in [0.5, 0.6) is 0 Å². The Hall–Kier alpha value is -0.540. The highest BCUT2D eigenvalue weighted by molar-refractivity contribution is 7.99. The predicted molar refractivity (Wildman–Crippen MR) is 63.5 cm³/mol. The van der Waals surface area contributed by atoms with Crippen molar-refractivity contribution in [2.45, 2.75) is 25.1 Å². The van der Waals surface area contributed by atoms with Gasteiger partial charge in [0.15, 0.2) is 0 Å². The topological polar surface area (TPSA) is 24.9 Å². The van der Waals surface area contributed by atoms with Gasteiger partial charge in [-0.25, -0.2) is 0 Å². The lowest BCUT2D eigenvalue weighted by Gasteiger charge is -2.08. The molecule has 0 saturated carbocycles. The Labute approximate surface area is 90.5 Å². The summed E-state index contributed by atoms with van der Waals surface area (Å²) in [5.41, 5.74) is 1.25.